The van der Waals surface area contributed by atoms with Gasteiger partial charge in [0, 0.05) is 0 Å². The maximum atomic E-state index is 8.54. The Hall–Kier alpha value is -1.08. The lowest BCUT2D eigenvalue weighted by Crippen LogP contribution is -1.99. The summed E-state index contributed by atoms with van der Waals surface area (Å²) in [7, 11) is 0. The standard InChI is InChI=1S/C9H10BrN3/c1-7(2)5-8-6-9(10)12-13(8)4-3-11/h5-6H,4H2,1-2H3. The van der Waals surface area contributed by atoms with E-state index >= 15 is 0 Å². The molecule has 0 saturated heterocycles. The molecular weight excluding hydrogens is 230 g/mol. The summed E-state index contributed by atoms with van der Waals surface area (Å²) in [5, 5.41) is 12.7. The van der Waals surface area contributed by atoms with Crippen molar-refractivity contribution in [3.63, 3.8) is 0 Å². The van der Waals surface area contributed by atoms with Crippen molar-refractivity contribution in [1.82, 2.24) is 9.78 Å². The Kier molecular flexibility index (Phi) is 3.26. The highest BCUT2D eigenvalue weighted by molar-refractivity contribution is 9.10. The summed E-state index contributed by atoms with van der Waals surface area (Å²) in [5.41, 5.74) is 2.14. The zero-order valence-electron chi connectivity index (χ0n) is 7.58. The lowest BCUT2D eigenvalue weighted by atomic mass is 10.3. The van der Waals surface area contributed by atoms with Gasteiger partial charge < -0.3 is 0 Å². The fourth-order valence-corrected chi connectivity index (χ4v) is 1.43. The molecule has 13 heavy (non-hydrogen) atoms. The number of halogens is 1. The molecule has 0 aliphatic carbocycles. The van der Waals surface area contributed by atoms with Gasteiger partial charge in [0.2, 0.25) is 0 Å². The molecule has 0 aliphatic heterocycles. The summed E-state index contributed by atoms with van der Waals surface area (Å²) in [6.45, 7) is 4.31. The summed E-state index contributed by atoms with van der Waals surface area (Å²) in [4.78, 5) is 0. The van der Waals surface area contributed by atoms with Gasteiger partial charge in [0.15, 0.2) is 0 Å². The lowest BCUT2D eigenvalue weighted by molar-refractivity contribution is 0.697. The number of nitrogens with zero attached hydrogens (tertiary/aromatic N) is 3. The molecule has 3 nitrogen and oxygen atoms in total. The summed E-state index contributed by atoms with van der Waals surface area (Å²) in [6.07, 6.45) is 2.00. The Morgan fingerprint density at radius 1 is 1.77 bits per heavy atom. The average molecular weight is 240 g/mol. The molecule has 0 bridgehead atoms. The van der Waals surface area contributed by atoms with Gasteiger partial charge in [-0.3, -0.25) is 4.68 Å². The van der Waals surface area contributed by atoms with Crippen LogP contribution in [0.15, 0.2) is 16.2 Å². The van der Waals surface area contributed by atoms with Crippen molar-refractivity contribution in [3.05, 3.63) is 21.9 Å². The molecule has 0 N–H and O–H groups in total. The molecule has 0 fully saturated rings. The molecular formula is C9H10BrN3. The van der Waals surface area contributed by atoms with Gasteiger partial charge in [-0.15, -0.1) is 0 Å². The van der Waals surface area contributed by atoms with Crippen LogP contribution in [-0.2, 0) is 6.54 Å². The minimum absolute atomic E-state index is 0.282. The summed E-state index contributed by atoms with van der Waals surface area (Å²) in [6, 6.07) is 3.95. The van der Waals surface area contributed by atoms with Crippen LogP contribution in [0.2, 0.25) is 0 Å². The number of aromatic nitrogens is 2. The van der Waals surface area contributed by atoms with Gasteiger partial charge in [-0.25, -0.2) is 0 Å². The van der Waals surface area contributed by atoms with E-state index in [0.29, 0.717) is 0 Å². The van der Waals surface area contributed by atoms with E-state index < -0.39 is 0 Å². The third-order valence-corrected chi connectivity index (χ3v) is 1.83. The predicted octanol–water partition coefficient (Wildman–Crippen LogP) is 2.59. The number of hydrogen-bond acceptors (Lipinski definition) is 2. The van der Waals surface area contributed by atoms with Crippen LogP contribution < -0.4 is 0 Å². The molecule has 4 heteroatoms. The van der Waals surface area contributed by atoms with E-state index in [9.17, 15) is 0 Å². The summed E-state index contributed by atoms with van der Waals surface area (Å²) >= 11 is 3.27. The quantitative estimate of drug-likeness (QED) is 0.797. The molecule has 0 spiro atoms. The Morgan fingerprint density at radius 3 is 3.00 bits per heavy atom. The van der Waals surface area contributed by atoms with Crippen molar-refractivity contribution in [2.45, 2.75) is 20.4 Å². The van der Waals surface area contributed by atoms with Gasteiger partial charge in [0.25, 0.3) is 0 Å². The number of rotatable bonds is 2. The molecule has 1 aromatic heterocycles. The highest BCUT2D eigenvalue weighted by Crippen LogP contribution is 2.13. The first-order chi connectivity index (χ1) is 6.13. The van der Waals surface area contributed by atoms with E-state index in [1.54, 1.807) is 4.68 Å². The van der Waals surface area contributed by atoms with Gasteiger partial charge in [-0.05, 0) is 41.9 Å². The van der Waals surface area contributed by atoms with Gasteiger partial charge >= 0.3 is 0 Å². The molecule has 0 unspecified atom stereocenters. The second kappa shape index (κ2) is 4.24. The number of nitriles is 1. The smallest absolute Gasteiger partial charge is 0.128 e. The van der Waals surface area contributed by atoms with E-state index in [4.69, 9.17) is 5.26 Å². The number of allylic oxidation sites excluding steroid dienone is 1. The molecule has 0 atom stereocenters. The highest BCUT2D eigenvalue weighted by Gasteiger charge is 2.02. The fourth-order valence-electron chi connectivity index (χ4n) is 1.00. The zero-order chi connectivity index (χ0) is 9.84. The van der Waals surface area contributed by atoms with Crippen molar-refractivity contribution < 1.29 is 0 Å². The third kappa shape index (κ3) is 2.71. The van der Waals surface area contributed by atoms with E-state index in [2.05, 4.69) is 27.1 Å². The molecule has 1 rings (SSSR count). The van der Waals surface area contributed by atoms with Crippen molar-refractivity contribution >= 4 is 22.0 Å². The zero-order valence-corrected chi connectivity index (χ0v) is 9.17. The third-order valence-electron chi connectivity index (χ3n) is 1.44. The Bertz CT molecular complexity index is 367. The normalized spacial score (nSPS) is 9.38. The van der Waals surface area contributed by atoms with Gasteiger partial charge in [0.1, 0.15) is 11.1 Å². The Balaban J connectivity index is 3.06. The van der Waals surface area contributed by atoms with Crippen molar-refractivity contribution in [1.29, 1.82) is 5.26 Å². The molecule has 0 aromatic carbocycles. The van der Waals surface area contributed by atoms with E-state index in [0.717, 1.165) is 10.3 Å². The Morgan fingerprint density at radius 2 is 2.46 bits per heavy atom. The fraction of sp³-hybridized carbons (Fsp3) is 0.333. The van der Waals surface area contributed by atoms with Crippen LogP contribution in [0.3, 0.4) is 0 Å². The molecule has 1 aromatic rings. The second-order valence-electron chi connectivity index (χ2n) is 2.93. The second-order valence-corrected chi connectivity index (χ2v) is 3.74. The predicted molar refractivity (Wildman–Crippen MR) is 54.9 cm³/mol. The SMILES string of the molecule is CC(C)=Cc1cc(Br)nn1CC#N. The van der Waals surface area contributed by atoms with E-state index in [1.807, 2.05) is 26.0 Å². The first-order valence-corrected chi connectivity index (χ1v) is 4.68. The minimum atomic E-state index is 0.282. The molecule has 0 radical (unpaired) electrons. The summed E-state index contributed by atoms with van der Waals surface area (Å²) in [5.74, 6) is 0. The van der Waals surface area contributed by atoms with Crippen molar-refractivity contribution in [3.8, 4) is 6.07 Å². The molecule has 0 aliphatic rings. The molecule has 1 heterocycles. The lowest BCUT2D eigenvalue weighted by Gasteiger charge is -1.97. The van der Waals surface area contributed by atoms with Crippen molar-refractivity contribution in [2.24, 2.45) is 0 Å². The van der Waals surface area contributed by atoms with Crippen LogP contribution in [0.1, 0.15) is 19.5 Å². The van der Waals surface area contributed by atoms with Crippen LogP contribution in [0, 0.1) is 11.3 Å². The Labute approximate surface area is 85.8 Å². The van der Waals surface area contributed by atoms with Crippen LogP contribution in [0.4, 0.5) is 0 Å². The van der Waals surface area contributed by atoms with Crippen LogP contribution >= 0.6 is 15.9 Å². The average Bonchev–Trinajstić information content (AvgIpc) is 2.31. The first kappa shape index (κ1) is 10.0. The largest absolute Gasteiger partial charge is 0.250 e. The van der Waals surface area contributed by atoms with Gasteiger partial charge in [-0.1, -0.05) is 5.57 Å². The van der Waals surface area contributed by atoms with Crippen LogP contribution in [-0.4, -0.2) is 9.78 Å². The highest BCUT2D eigenvalue weighted by atomic mass is 79.9. The van der Waals surface area contributed by atoms with Crippen LogP contribution in [0.25, 0.3) is 6.08 Å². The van der Waals surface area contributed by atoms with E-state index in [1.165, 1.54) is 5.57 Å². The van der Waals surface area contributed by atoms with Gasteiger partial charge in [0.05, 0.1) is 11.8 Å². The first-order valence-electron chi connectivity index (χ1n) is 3.88. The molecule has 68 valence electrons. The molecule has 0 amide bonds. The topological polar surface area (TPSA) is 41.6 Å². The maximum absolute atomic E-state index is 8.54. The van der Waals surface area contributed by atoms with E-state index in [-0.39, 0.29) is 6.54 Å². The maximum Gasteiger partial charge on any atom is 0.128 e. The number of hydrogen-bond donors (Lipinski definition) is 0. The molecule has 0 saturated carbocycles. The van der Waals surface area contributed by atoms with Gasteiger partial charge in [-0.2, -0.15) is 10.4 Å². The minimum Gasteiger partial charge on any atom is -0.250 e. The van der Waals surface area contributed by atoms with Crippen LogP contribution in [0.5, 0.6) is 0 Å². The summed E-state index contributed by atoms with van der Waals surface area (Å²) < 4.78 is 2.42. The van der Waals surface area contributed by atoms with Crippen molar-refractivity contribution in [2.75, 3.05) is 0 Å². The monoisotopic (exact) mass is 239 g/mol.